The summed E-state index contributed by atoms with van der Waals surface area (Å²) >= 11 is 2.19. The fourth-order valence-electron chi connectivity index (χ4n) is 2.20. The lowest BCUT2D eigenvalue weighted by Crippen LogP contribution is -2.31. The van der Waals surface area contributed by atoms with Crippen molar-refractivity contribution in [3.63, 3.8) is 0 Å². The van der Waals surface area contributed by atoms with Crippen molar-refractivity contribution in [3.8, 4) is 0 Å². The molecule has 132 valence electrons. The van der Waals surface area contributed by atoms with Gasteiger partial charge in [-0.05, 0) is 23.4 Å². The lowest BCUT2D eigenvalue weighted by Gasteiger charge is -2.11. The number of hydrogen-bond donors (Lipinski definition) is 1. The Bertz CT molecular complexity index is 861. The van der Waals surface area contributed by atoms with Crippen LogP contribution >= 0.6 is 23.1 Å². The first-order chi connectivity index (χ1) is 12.6. The van der Waals surface area contributed by atoms with E-state index in [1.54, 1.807) is 23.7 Å². The lowest BCUT2D eigenvalue weighted by molar-refractivity contribution is -0.123. The van der Waals surface area contributed by atoms with Gasteiger partial charge in [-0.3, -0.25) is 19.3 Å². The summed E-state index contributed by atoms with van der Waals surface area (Å²) in [7, 11) is 0. The van der Waals surface area contributed by atoms with Crippen LogP contribution in [0, 0.1) is 0 Å². The molecule has 1 fully saturated rings. The number of nitrogens with zero attached hydrogens (tertiary/aromatic N) is 2. The van der Waals surface area contributed by atoms with E-state index in [2.05, 4.69) is 10.3 Å². The van der Waals surface area contributed by atoms with E-state index >= 15 is 0 Å². The number of imide groups is 1. The van der Waals surface area contributed by atoms with E-state index in [1.807, 2.05) is 36.4 Å². The van der Waals surface area contributed by atoms with Crippen LogP contribution in [0.3, 0.4) is 0 Å². The first kappa shape index (κ1) is 18.1. The molecule has 0 unspecified atom stereocenters. The van der Waals surface area contributed by atoms with E-state index in [9.17, 15) is 14.4 Å². The van der Waals surface area contributed by atoms with Crippen LogP contribution in [0.4, 0.5) is 9.93 Å². The Labute approximate surface area is 158 Å². The van der Waals surface area contributed by atoms with Crippen molar-refractivity contribution >= 4 is 51.4 Å². The molecule has 3 amide bonds. The van der Waals surface area contributed by atoms with Crippen molar-refractivity contribution in [1.29, 1.82) is 0 Å². The summed E-state index contributed by atoms with van der Waals surface area (Å²) in [5.74, 6) is -0.660. The van der Waals surface area contributed by atoms with Crippen LogP contribution in [0.2, 0.25) is 0 Å². The number of amides is 3. The zero-order valence-electron chi connectivity index (χ0n) is 13.6. The summed E-state index contributed by atoms with van der Waals surface area (Å²) in [6, 6.07) is 9.65. The molecular weight excluding hydrogens is 370 g/mol. The second-order valence-electron chi connectivity index (χ2n) is 5.26. The molecule has 0 radical (unpaired) electrons. The molecule has 2 heterocycles. The van der Waals surface area contributed by atoms with Gasteiger partial charge in [0.1, 0.15) is 0 Å². The van der Waals surface area contributed by atoms with Gasteiger partial charge in [-0.1, -0.05) is 42.5 Å². The maximum absolute atomic E-state index is 12.3. The van der Waals surface area contributed by atoms with Gasteiger partial charge < -0.3 is 5.32 Å². The number of anilines is 1. The minimum atomic E-state index is -0.375. The van der Waals surface area contributed by atoms with Gasteiger partial charge in [0, 0.05) is 24.5 Å². The van der Waals surface area contributed by atoms with Gasteiger partial charge in [0.05, 0.1) is 4.91 Å². The van der Waals surface area contributed by atoms with E-state index in [0.29, 0.717) is 10.0 Å². The predicted octanol–water partition coefficient (Wildman–Crippen LogP) is 3.76. The number of thioether (sulfide) groups is 1. The van der Waals surface area contributed by atoms with Gasteiger partial charge in [0.25, 0.3) is 11.1 Å². The third-order valence-electron chi connectivity index (χ3n) is 3.45. The molecule has 2 aromatic rings. The Morgan fingerprint density at radius 1 is 1.23 bits per heavy atom. The van der Waals surface area contributed by atoms with Crippen molar-refractivity contribution in [3.05, 3.63) is 64.5 Å². The van der Waals surface area contributed by atoms with E-state index in [-0.39, 0.29) is 30.0 Å². The van der Waals surface area contributed by atoms with Crippen molar-refractivity contribution in [2.75, 3.05) is 11.9 Å². The van der Waals surface area contributed by atoms with Gasteiger partial charge in [-0.15, -0.1) is 11.3 Å². The molecule has 0 atom stereocenters. The molecule has 6 nitrogen and oxygen atoms in total. The molecule has 1 saturated heterocycles. The number of hydrogen-bond acceptors (Lipinski definition) is 6. The van der Waals surface area contributed by atoms with Gasteiger partial charge in [0.15, 0.2) is 5.13 Å². The Morgan fingerprint density at radius 2 is 2.04 bits per heavy atom. The monoisotopic (exact) mass is 385 g/mol. The summed E-state index contributed by atoms with van der Waals surface area (Å²) in [4.78, 5) is 41.6. The Hall–Kier alpha value is -2.71. The molecule has 26 heavy (non-hydrogen) atoms. The zero-order valence-corrected chi connectivity index (χ0v) is 15.3. The largest absolute Gasteiger partial charge is 0.302 e. The molecule has 0 spiro atoms. The standard InChI is InChI=1S/C18H15N3O3S2/c22-15(20-17-19-10-12-25-17)9-11-21-16(23)14(26-18(21)24)8-4-7-13-5-2-1-3-6-13/h1-8,10,12H,9,11H2,(H,19,20,22)/b7-4+,14-8-. The van der Waals surface area contributed by atoms with Gasteiger partial charge >= 0.3 is 0 Å². The van der Waals surface area contributed by atoms with Crippen molar-refractivity contribution in [2.45, 2.75) is 6.42 Å². The first-order valence-electron chi connectivity index (χ1n) is 7.80. The number of nitrogens with one attached hydrogen (secondary N) is 1. The van der Waals surface area contributed by atoms with Gasteiger partial charge in [-0.2, -0.15) is 0 Å². The molecule has 1 N–H and O–H groups in total. The maximum atomic E-state index is 12.3. The summed E-state index contributed by atoms with van der Waals surface area (Å²) in [5, 5.41) is 4.51. The molecule has 8 heteroatoms. The van der Waals surface area contributed by atoms with E-state index in [0.717, 1.165) is 22.2 Å². The topological polar surface area (TPSA) is 79.4 Å². The first-order valence-corrected chi connectivity index (χ1v) is 9.49. The van der Waals surface area contributed by atoms with Crippen LogP contribution in [-0.2, 0) is 9.59 Å². The maximum Gasteiger partial charge on any atom is 0.293 e. The Morgan fingerprint density at radius 3 is 2.77 bits per heavy atom. The normalized spacial score (nSPS) is 16.0. The number of thiazole rings is 1. The number of aromatic nitrogens is 1. The van der Waals surface area contributed by atoms with Crippen molar-refractivity contribution < 1.29 is 14.4 Å². The minimum absolute atomic E-state index is 0.0325. The molecule has 1 aliphatic rings. The van der Waals surface area contributed by atoms with Gasteiger partial charge in [0.2, 0.25) is 5.91 Å². The van der Waals surface area contributed by atoms with Crippen LogP contribution < -0.4 is 5.32 Å². The highest BCUT2D eigenvalue weighted by Crippen LogP contribution is 2.30. The molecule has 3 rings (SSSR count). The minimum Gasteiger partial charge on any atom is -0.302 e. The van der Waals surface area contributed by atoms with Crippen molar-refractivity contribution in [2.24, 2.45) is 0 Å². The average Bonchev–Trinajstić information content (AvgIpc) is 3.23. The average molecular weight is 385 g/mol. The highest BCUT2D eigenvalue weighted by molar-refractivity contribution is 8.18. The molecule has 0 bridgehead atoms. The molecule has 0 aliphatic carbocycles. The number of carbonyl (C=O) groups is 3. The Kier molecular flexibility index (Phi) is 5.98. The summed E-state index contributed by atoms with van der Waals surface area (Å²) in [6.45, 7) is 0.0433. The van der Waals surface area contributed by atoms with Crippen LogP contribution in [0.5, 0.6) is 0 Å². The van der Waals surface area contributed by atoms with E-state index < -0.39 is 0 Å². The second kappa shape index (κ2) is 8.59. The SMILES string of the molecule is O=C(CCN1C(=O)S/C(=C\C=C\c2ccccc2)C1=O)Nc1nccs1. The van der Waals surface area contributed by atoms with Crippen LogP contribution in [-0.4, -0.2) is 33.5 Å². The van der Waals surface area contributed by atoms with Crippen molar-refractivity contribution in [1.82, 2.24) is 9.88 Å². The molecular formula is C18H15N3O3S2. The summed E-state index contributed by atoms with van der Waals surface area (Å²) in [6.07, 6.45) is 6.83. The highest BCUT2D eigenvalue weighted by Gasteiger charge is 2.34. The van der Waals surface area contributed by atoms with Gasteiger partial charge in [-0.25, -0.2) is 4.98 Å². The molecule has 1 aromatic heterocycles. The van der Waals surface area contributed by atoms with Crippen LogP contribution in [0.1, 0.15) is 12.0 Å². The Balaban J connectivity index is 1.55. The number of benzene rings is 1. The fraction of sp³-hybridized carbons (Fsp3) is 0.111. The van der Waals surface area contributed by atoms with E-state index in [4.69, 9.17) is 0 Å². The second-order valence-corrected chi connectivity index (χ2v) is 7.15. The predicted molar refractivity (Wildman–Crippen MR) is 104 cm³/mol. The lowest BCUT2D eigenvalue weighted by atomic mass is 10.2. The molecule has 1 aliphatic heterocycles. The van der Waals surface area contributed by atoms with E-state index in [1.165, 1.54) is 11.3 Å². The number of carbonyl (C=O) groups excluding carboxylic acids is 3. The van der Waals surface area contributed by atoms with Crippen LogP contribution in [0.25, 0.3) is 6.08 Å². The molecule has 1 aromatic carbocycles. The quantitative estimate of drug-likeness (QED) is 0.766. The smallest absolute Gasteiger partial charge is 0.293 e. The summed E-state index contributed by atoms with van der Waals surface area (Å²) < 4.78 is 0. The number of rotatable bonds is 6. The molecule has 0 saturated carbocycles. The summed E-state index contributed by atoms with van der Waals surface area (Å²) in [5.41, 5.74) is 1.00. The third kappa shape index (κ3) is 4.68. The fourth-order valence-corrected chi connectivity index (χ4v) is 3.56. The third-order valence-corrected chi connectivity index (χ3v) is 5.06. The zero-order chi connectivity index (χ0) is 18.4. The van der Waals surface area contributed by atoms with Crippen LogP contribution in [0.15, 0.2) is 59.0 Å². The number of allylic oxidation sites excluding steroid dienone is 2. The highest BCUT2D eigenvalue weighted by atomic mass is 32.2.